The molecule has 0 radical (unpaired) electrons. The third-order valence-corrected chi connectivity index (χ3v) is 4.09. The third kappa shape index (κ3) is 3.82. The number of piperidine rings is 1. The maximum absolute atomic E-state index is 12.3. The van der Waals surface area contributed by atoms with E-state index in [0.717, 1.165) is 25.8 Å². The molecule has 114 valence electrons. The molecule has 1 saturated heterocycles. The van der Waals surface area contributed by atoms with Crippen molar-refractivity contribution < 1.29 is 14.7 Å². The highest BCUT2D eigenvalue weighted by Gasteiger charge is 2.34. The van der Waals surface area contributed by atoms with E-state index in [1.54, 1.807) is 24.3 Å². The van der Waals surface area contributed by atoms with Gasteiger partial charge in [-0.3, -0.25) is 9.59 Å². The molecule has 0 bridgehead atoms. The van der Waals surface area contributed by atoms with Crippen LogP contribution in [0.3, 0.4) is 0 Å². The second-order valence-corrected chi connectivity index (χ2v) is 5.73. The maximum Gasteiger partial charge on any atom is 0.312 e. The van der Waals surface area contributed by atoms with Gasteiger partial charge in [0.1, 0.15) is 0 Å². The molecule has 0 aliphatic carbocycles. The van der Waals surface area contributed by atoms with Gasteiger partial charge in [0, 0.05) is 6.54 Å². The second-order valence-electron chi connectivity index (χ2n) is 5.73. The first-order valence-corrected chi connectivity index (χ1v) is 7.34. The third-order valence-electron chi connectivity index (χ3n) is 4.09. The van der Waals surface area contributed by atoms with Crippen molar-refractivity contribution in [2.45, 2.75) is 37.6 Å². The van der Waals surface area contributed by atoms with Gasteiger partial charge in [-0.25, -0.2) is 0 Å². The molecule has 3 N–H and O–H groups in total. The Bertz CT molecular complexity index is 496. The quantitative estimate of drug-likeness (QED) is 0.768. The Morgan fingerprint density at radius 1 is 1.33 bits per heavy atom. The summed E-state index contributed by atoms with van der Waals surface area (Å²) >= 11 is 0. The molecule has 1 aliphatic rings. The van der Waals surface area contributed by atoms with Gasteiger partial charge in [0.25, 0.3) is 0 Å². The number of hydrogen-bond donors (Lipinski definition) is 3. The summed E-state index contributed by atoms with van der Waals surface area (Å²) in [5.74, 6) is -1.77. The van der Waals surface area contributed by atoms with Crippen molar-refractivity contribution in [3.8, 4) is 0 Å². The molecule has 0 spiro atoms. The minimum absolute atomic E-state index is 0.107. The summed E-state index contributed by atoms with van der Waals surface area (Å²) in [4.78, 5) is 23.7. The van der Waals surface area contributed by atoms with Crippen LogP contribution < -0.4 is 10.6 Å². The van der Waals surface area contributed by atoms with Gasteiger partial charge in [-0.1, -0.05) is 30.3 Å². The van der Waals surface area contributed by atoms with Crippen LogP contribution >= 0.6 is 0 Å². The number of amides is 1. The first-order valence-electron chi connectivity index (χ1n) is 7.34. The van der Waals surface area contributed by atoms with Crippen LogP contribution in [0.25, 0.3) is 0 Å². The number of benzene rings is 1. The smallest absolute Gasteiger partial charge is 0.312 e. The van der Waals surface area contributed by atoms with E-state index in [4.69, 9.17) is 0 Å². The highest BCUT2D eigenvalue weighted by molar-refractivity contribution is 5.87. The topological polar surface area (TPSA) is 78.4 Å². The van der Waals surface area contributed by atoms with Gasteiger partial charge in [-0.15, -0.1) is 0 Å². The lowest BCUT2D eigenvalue weighted by Crippen LogP contribution is -2.57. The average Bonchev–Trinajstić information content (AvgIpc) is 2.48. The Labute approximate surface area is 124 Å². The van der Waals surface area contributed by atoms with E-state index in [1.165, 1.54) is 0 Å². The molecule has 1 aromatic rings. The van der Waals surface area contributed by atoms with E-state index < -0.39 is 17.4 Å². The zero-order valence-corrected chi connectivity index (χ0v) is 12.3. The molecule has 1 fully saturated rings. The summed E-state index contributed by atoms with van der Waals surface area (Å²) in [7, 11) is 0. The van der Waals surface area contributed by atoms with Gasteiger partial charge in [0.2, 0.25) is 5.91 Å². The van der Waals surface area contributed by atoms with Crippen LogP contribution in [0.1, 0.15) is 37.7 Å². The Hall–Kier alpha value is -1.88. The number of carboxylic acids is 1. The number of nitrogens with one attached hydrogen (secondary N) is 2. The number of carboxylic acid groups (broad SMARTS) is 1. The molecule has 0 aromatic heterocycles. The Morgan fingerprint density at radius 2 is 2.05 bits per heavy atom. The maximum atomic E-state index is 12.3. The van der Waals surface area contributed by atoms with Crippen LogP contribution in [0, 0.1) is 0 Å². The van der Waals surface area contributed by atoms with Crippen LogP contribution in [0.5, 0.6) is 0 Å². The zero-order chi connectivity index (χ0) is 15.3. The number of aliphatic carboxylic acids is 1. The molecule has 1 aliphatic heterocycles. The van der Waals surface area contributed by atoms with Crippen molar-refractivity contribution in [1.82, 2.24) is 10.6 Å². The minimum Gasteiger partial charge on any atom is -0.481 e. The molecule has 1 heterocycles. The Morgan fingerprint density at radius 3 is 2.62 bits per heavy atom. The lowest BCUT2D eigenvalue weighted by Gasteiger charge is -2.33. The molecule has 0 saturated carbocycles. The van der Waals surface area contributed by atoms with Crippen molar-refractivity contribution >= 4 is 11.9 Å². The SMILES string of the molecule is CC1(C(=O)NCC(C(=O)O)c2ccccc2)CCCCN1. The van der Waals surface area contributed by atoms with Crippen LogP contribution in [0.2, 0.25) is 0 Å². The summed E-state index contributed by atoms with van der Waals surface area (Å²) in [5, 5.41) is 15.4. The monoisotopic (exact) mass is 290 g/mol. The average molecular weight is 290 g/mol. The Balaban J connectivity index is 1.99. The van der Waals surface area contributed by atoms with Gasteiger partial charge in [0.05, 0.1) is 11.5 Å². The highest BCUT2D eigenvalue weighted by atomic mass is 16.4. The number of carbonyl (C=O) groups excluding carboxylic acids is 1. The van der Waals surface area contributed by atoms with Gasteiger partial charge < -0.3 is 15.7 Å². The Kier molecular flexibility index (Phi) is 4.96. The first-order chi connectivity index (χ1) is 10.0. The predicted octanol–water partition coefficient (Wildman–Crippen LogP) is 1.50. The van der Waals surface area contributed by atoms with Crippen molar-refractivity contribution in [3.05, 3.63) is 35.9 Å². The number of hydrogen-bond acceptors (Lipinski definition) is 3. The molecule has 1 aromatic carbocycles. The van der Waals surface area contributed by atoms with E-state index in [0.29, 0.717) is 5.56 Å². The summed E-state index contributed by atoms with van der Waals surface area (Å²) < 4.78 is 0. The standard InChI is InChI=1S/C16H22N2O3/c1-16(9-5-6-10-18-16)15(21)17-11-13(14(19)20)12-7-3-2-4-8-12/h2-4,7-8,13,18H,5-6,9-11H2,1H3,(H,17,21)(H,19,20). The van der Waals surface area contributed by atoms with Crippen LogP contribution in [-0.4, -0.2) is 35.6 Å². The fourth-order valence-corrected chi connectivity index (χ4v) is 2.67. The lowest BCUT2D eigenvalue weighted by atomic mass is 9.89. The van der Waals surface area contributed by atoms with E-state index in [9.17, 15) is 14.7 Å². The van der Waals surface area contributed by atoms with Gasteiger partial charge in [0.15, 0.2) is 0 Å². The highest BCUT2D eigenvalue weighted by Crippen LogP contribution is 2.20. The van der Waals surface area contributed by atoms with Crippen LogP contribution in [-0.2, 0) is 9.59 Å². The summed E-state index contributed by atoms with van der Waals surface area (Å²) in [6.07, 6.45) is 2.87. The summed E-state index contributed by atoms with van der Waals surface area (Å²) in [5.41, 5.74) is 0.116. The van der Waals surface area contributed by atoms with E-state index >= 15 is 0 Å². The molecule has 1 amide bonds. The zero-order valence-electron chi connectivity index (χ0n) is 12.3. The largest absolute Gasteiger partial charge is 0.481 e. The fraction of sp³-hybridized carbons (Fsp3) is 0.500. The number of carbonyl (C=O) groups is 2. The van der Waals surface area contributed by atoms with Crippen LogP contribution in [0.15, 0.2) is 30.3 Å². The van der Waals surface area contributed by atoms with E-state index in [-0.39, 0.29) is 12.5 Å². The molecule has 2 unspecified atom stereocenters. The molecule has 21 heavy (non-hydrogen) atoms. The van der Waals surface area contributed by atoms with Gasteiger partial charge in [-0.2, -0.15) is 0 Å². The van der Waals surface area contributed by atoms with Crippen molar-refractivity contribution in [2.24, 2.45) is 0 Å². The normalized spacial score (nSPS) is 23.3. The van der Waals surface area contributed by atoms with Crippen LogP contribution in [0.4, 0.5) is 0 Å². The summed E-state index contributed by atoms with van der Waals surface area (Å²) in [6.45, 7) is 2.81. The molecular weight excluding hydrogens is 268 g/mol. The van der Waals surface area contributed by atoms with E-state index in [2.05, 4.69) is 10.6 Å². The van der Waals surface area contributed by atoms with E-state index in [1.807, 2.05) is 13.0 Å². The number of rotatable bonds is 5. The predicted molar refractivity (Wildman–Crippen MR) is 80.1 cm³/mol. The molecule has 2 rings (SSSR count). The van der Waals surface area contributed by atoms with Gasteiger partial charge >= 0.3 is 5.97 Å². The summed E-state index contributed by atoms with van der Waals surface area (Å²) in [6, 6.07) is 8.99. The molecule has 5 heteroatoms. The van der Waals surface area contributed by atoms with Gasteiger partial charge in [-0.05, 0) is 38.3 Å². The molecule has 5 nitrogen and oxygen atoms in total. The molecular formula is C16H22N2O3. The minimum atomic E-state index is -0.928. The van der Waals surface area contributed by atoms with Crippen molar-refractivity contribution in [2.75, 3.05) is 13.1 Å². The molecule has 2 atom stereocenters. The lowest BCUT2D eigenvalue weighted by molar-refractivity contribution is -0.138. The second kappa shape index (κ2) is 6.72. The fourth-order valence-electron chi connectivity index (χ4n) is 2.67. The van der Waals surface area contributed by atoms with Crippen molar-refractivity contribution in [3.63, 3.8) is 0 Å². The van der Waals surface area contributed by atoms with Crippen molar-refractivity contribution in [1.29, 1.82) is 0 Å². The first kappa shape index (κ1) is 15.5.